The smallest absolute Gasteiger partial charge is 0.326 e. The summed E-state index contributed by atoms with van der Waals surface area (Å²) in [5.74, 6) is 1.43. The average molecular weight is 283 g/mol. The summed E-state index contributed by atoms with van der Waals surface area (Å²) < 4.78 is 11.2. The Hall–Kier alpha value is -0.610. The molecule has 2 aliphatic rings. The van der Waals surface area contributed by atoms with E-state index in [1.807, 2.05) is 0 Å². The van der Waals surface area contributed by atoms with Crippen molar-refractivity contribution in [3.05, 3.63) is 0 Å². The van der Waals surface area contributed by atoms with Crippen LogP contribution in [0.4, 0.5) is 0 Å². The van der Waals surface area contributed by atoms with E-state index in [0.717, 1.165) is 12.8 Å². The Balaban J connectivity index is 2.00. The number of rotatable bonds is 3. The zero-order chi connectivity index (χ0) is 14.8. The molecule has 0 amide bonds. The van der Waals surface area contributed by atoms with Crippen LogP contribution in [0, 0.1) is 17.8 Å². The number of nitrogens with two attached hydrogens (primary N) is 1. The Morgan fingerprint density at radius 2 is 1.95 bits per heavy atom. The van der Waals surface area contributed by atoms with Crippen LogP contribution in [0.3, 0.4) is 0 Å². The second-order valence-corrected chi connectivity index (χ2v) is 7.04. The van der Waals surface area contributed by atoms with Gasteiger partial charge < -0.3 is 15.2 Å². The Kier molecular flexibility index (Phi) is 5.08. The van der Waals surface area contributed by atoms with Crippen molar-refractivity contribution in [1.82, 2.24) is 0 Å². The summed E-state index contributed by atoms with van der Waals surface area (Å²) in [7, 11) is 0. The minimum atomic E-state index is -0.833. The molecule has 1 heterocycles. The van der Waals surface area contributed by atoms with E-state index < -0.39 is 5.54 Å². The van der Waals surface area contributed by atoms with E-state index in [4.69, 9.17) is 15.2 Å². The van der Waals surface area contributed by atoms with Crippen molar-refractivity contribution in [1.29, 1.82) is 0 Å². The standard InChI is InChI=1S/C16H29NO3/c1-11(2)13-5-4-12(3)10-14(13)20-15(18)16(17)6-8-19-9-7-16/h11-14H,4-10,17H2,1-3H3. The average Bonchev–Trinajstić information content (AvgIpc) is 2.39. The topological polar surface area (TPSA) is 61.5 Å². The first kappa shape index (κ1) is 15.8. The molecule has 0 spiro atoms. The molecular weight excluding hydrogens is 254 g/mol. The Morgan fingerprint density at radius 1 is 1.30 bits per heavy atom. The van der Waals surface area contributed by atoms with Crippen molar-refractivity contribution in [2.24, 2.45) is 23.5 Å². The summed E-state index contributed by atoms with van der Waals surface area (Å²) in [6.07, 6.45) is 4.53. The second kappa shape index (κ2) is 6.44. The first-order valence-corrected chi connectivity index (χ1v) is 8.00. The molecule has 1 aliphatic heterocycles. The van der Waals surface area contributed by atoms with E-state index in [1.54, 1.807) is 0 Å². The first-order chi connectivity index (χ1) is 9.42. The van der Waals surface area contributed by atoms with Gasteiger partial charge in [-0.05, 0) is 43.4 Å². The highest BCUT2D eigenvalue weighted by Crippen LogP contribution is 2.36. The number of carbonyl (C=O) groups is 1. The monoisotopic (exact) mass is 283 g/mol. The van der Waals surface area contributed by atoms with E-state index in [2.05, 4.69) is 20.8 Å². The highest BCUT2D eigenvalue weighted by atomic mass is 16.5. The molecule has 0 aromatic heterocycles. The van der Waals surface area contributed by atoms with Gasteiger partial charge in [-0.2, -0.15) is 0 Å². The fourth-order valence-electron chi connectivity index (χ4n) is 3.44. The van der Waals surface area contributed by atoms with Gasteiger partial charge in [0.05, 0.1) is 0 Å². The van der Waals surface area contributed by atoms with Gasteiger partial charge in [0.15, 0.2) is 0 Å². The molecule has 2 rings (SSSR count). The summed E-state index contributed by atoms with van der Waals surface area (Å²) >= 11 is 0. The number of hydrogen-bond acceptors (Lipinski definition) is 4. The predicted molar refractivity (Wildman–Crippen MR) is 78.2 cm³/mol. The third-order valence-corrected chi connectivity index (χ3v) is 5.01. The summed E-state index contributed by atoms with van der Waals surface area (Å²) in [4.78, 5) is 12.5. The number of ether oxygens (including phenoxy) is 2. The minimum Gasteiger partial charge on any atom is -0.461 e. The van der Waals surface area contributed by atoms with Gasteiger partial charge in [-0.3, -0.25) is 4.79 Å². The highest BCUT2D eigenvalue weighted by molar-refractivity contribution is 5.80. The maximum atomic E-state index is 12.5. The van der Waals surface area contributed by atoms with Crippen LogP contribution in [-0.4, -0.2) is 30.8 Å². The van der Waals surface area contributed by atoms with Gasteiger partial charge in [-0.25, -0.2) is 0 Å². The van der Waals surface area contributed by atoms with E-state index in [9.17, 15) is 4.79 Å². The molecule has 116 valence electrons. The van der Waals surface area contributed by atoms with Crippen molar-refractivity contribution in [3.63, 3.8) is 0 Å². The number of esters is 1. The van der Waals surface area contributed by atoms with Crippen LogP contribution >= 0.6 is 0 Å². The van der Waals surface area contributed by atoms with E-state index in [1.165, 1.54) is 6.42 Å². The molecule has 0 aromatic rings. The maximum Gasteiger partial charge on any atom is 0.326 e. The third kappa shape index (κ3) is 3.53. The quantitative estimate of drug-likeness (QED) is 0.808. The zero-order valence-corrected chi connectivity index (χ0v) is 13.1. The van der Waals surface area contributed by atoms with Gasteiger partial charge >= 0.3 is 5.97 Å². The number of hydrogen-bond donors (Lipinski definition) is 1. The van der Waals surface area contributed by atoms with Gasteiger partial charge in [0, 0.05) is 13.2 Å². The molecule has 3 unspecified atom stereocenters. The lowest BCUT2D eigenvalue weighted by Crippen LogP contribution is -2.54. The van der Waals surface area contributed by atoms with Crippen molar-refractivity contribution in [2.75, 3.05) is 13.2 Å². The largest absolute Gasteiger partial charge is 0.461 e. The Morgan fingerprint density at radius 3 is 2.55 bits per heavy atom. The predicted octanol–water partition coefficient (Wildman–Crippen LogP) is 2.50. The van der Waals surface area contributed by atoms with Crippen LogP contribution in [0.5, 0.6) is 0 Å². The lowest BCUT2D eigenvalue weighted by molar-refractivity contribution is -0.166. The molecule has 2 N–H and O–H groups in total. The van der Waals surface area contributed by atoms with Gasteiger partial charge in [0.2, 0.25) is 0 Å². The third-order valence-electron chi connectivity index (χ3n) is 5.01. The first-order valence-electron chi connectivity index (χ1n) is 8.00. The van der Waals surface area contributed by atoms with Gasteiger partial charge in [0.25, 0.3) is 0 Å². The van der Waals surface area contributed by atoms with Crippen molar-refractivity contribution >= 4 is 5.97 Å². The summed E-state index contributed by atoms with van der Waals surface area (Å²) in [5.41, 5.74) is 5.39. The molecule has 0 aromatic carbocycles. The van der Waals surface area contributed by atoms with Crippen LogP contribution in [0.15, 0.2) is 0 Å². The van der Waals surface area contributed by atoms with Crippen LogP contribution < -0.4 is 5.73 Å². The SMILES string of the molecule is CC1CCC(C(C)C)C(OC(=O)C2(N)CCOCC2)C1. The molecule has 3 atom stereocenters. The van der Waals surface area contributed by atoms with Crippen LogP contribution in [0.25, 0.3) is 0 Å². The lowest BCUT2D eigenvalue weighted by Gasteiger charge is -2.39. The summed E-state index contributed by atoms with van der Waals surface area (Å²) in [5, 5.41) is 0. The molecule has 0 radical (unpaired) electrons. The molecule has 4 nitrogen and oxygen atoms in total. The molecule has 20 heavy (non-hydrogen) atoms. The minimum absolute atomic E-state index is 0.0366. The van der Waals surface area contributed by atoms with Crippen LogP contribution in [-0.2, 0) is 14.3 Å². The van der Waals surface area contributed by atoms with Crippen molar-refractivity contribution in [2.45, 2.75) is 64.5 Å². The van der Waals surface area contributed by atoms with Crippen LogP contribution in [0.1, 0.15) is 52.9 Å². The molecule has 1 saturated heterocycles. The van der Waals surface area contributed by atoms with Gasteiger partial charge in [0.1, 0.15) is 11.6 Å². The Labute approximate surface area is 122 Å². The molecule has 1 saturated carbocycles. The van der Waals surface area contributed by atoms with Gasteiger partial charge in [-0.1, -0.05) is 27.2 Å². The normalized spacial score (nSPS) is 34.0. The fraction of sp³-hybridized carbons (Fsp3) is 0.938. The second-order valence-electron chi connectivity index (χ2n) is 7.04. The Bertz CT molecular complexity index is 337. The fourth-order valence-corrected chi connectivity index (χ4v) is 3.44. The molecule has 2 fully saturated rings. The molecule has 0 bridgehead atoms. The summed E-state index contributed by atoms with van der Waals surface area (Å²) in [6.45, 7) is 7.78. The highest BCUT2D eigenvalue weighted by Gasteiger charge is 2.41. The number of carbonyl (C=O) groups excluding carboxylic acids is 1. The van der Waals surface area contributed by atoms with Crippen molar-refractivity contribution < 1.29 is 14.3 Å². The van der Waals surface area contributed by atoms with Crippen LogP contribution in [0.2, 0.25) is 0 Å². The van der Waals surface area contributed by atoms with Crippen molar-refractivity contribution in [3.8, 4) is 0 Å². The van der Waals surface area contributed by atoms with Gasteiger partial charge in [-0.15, -0.1) is 0 Å². The van der Waals surface area contributed by atoms with E-state index in [0.29, 0.717) is 43.8 Å². The molecule has 1 aliphatic carbocycles. The lowest BCUT2D eigenvalue weighted by atomic mass is 9.75. The van der Waals surface area contributed by atoms with E-state index >= 15 is 0 Å². The maximum absolute atomic E-state index is 12.5. The zero-order valence-electron chi connectivity index (χ0n) is 13.1. The summed E-state index contributed by atoms with van der Waals surface area (Å²) in [6, 6.07) is 0. The molecular formula is C16H29NO3. The molecule has 4 heteroatoms. The van der Waals surface area contributed by atoms with E-state index in [-0.39, 0.29) is 12.1 Å².